The molecule has 0 amide bonds. The molecule has 0 aromatic carbocycles. The number of rotatable bonds is 4. The van der Waals surface area contributed by atoms with Gasteiger partial charge in [0.15, 0.2) is 0 Å². The van der Waals surface area contributed by atoms with Gasteiger partial charge < -0.3 is 5.32 Å². The third-order valence-corrected chi connectivity index (χ3v) is 3.18. The van der Waals surface area contributed by atoms with Crippen molar-refractivity contribution in [3.05, 3.63) is 11.4 Å². The Morgan fingerprint density at radius 1 is 1.29 bits per heavy atom. The molecule has 0 aliphatic carbocycles. The molecule has 4 heteroatoms. The van der Waals surface area contributed by atoms with Gasteiger partial charge in [-0.3, -0.25) is 0 Å². The summed E-state index contributed by atoms with van der Waals surface area (Å²) in [7, 11) is 1.89. The van der Waals surface area contributed by atoms with Crippen LogP contribution in [0.15, 0.2) is 5.03 Å². The van der Waals surface area contributed by atoms with E-state index >= 15 is 0 Å². The van der Waals surface area contributed by atoms with Crippen molar-refractivity contribution in [1.29, 1.82) is 0 Å². The predicted molar refractivity (Wildman–Crippen MR) is 62.1 cm³/mol. The van der Waals surface area contributed by atoms with Crippen molar-refractivity contribution >= 4 is 17.6 Å². The average molecular weight is 211 g/mol. The van der Waals surface area contributed by atoms with Crippen LogP contribution in [0, 0.1) is 13.8 Å². The van der Waals surface area contributed by atoms with Gasteiger partial charge in [-0.2, -0.15) is 0 Å². The van der Waals surface area contributed by atoms with Gasteiger partial charge in [0.2, 0.25) is 0 Å². The first-order valence-electron chi connectivity index (χ1n) is 4.84. The minimum atomic E-state index is 0.832. The average Bonchev–Trinajstić information content (AvgIpc) is 2.18. The largest absolute Gasteiger partial charge is 0.373 e. The molecule has 1 heterocycles. The Labute approximate surface area is 89.7 Å². The van der Waals surface area contributed by atoms with E-state index in [2.05, 4.69) is 29.1 Å². The fourth-order valence-corrected chi connectivity index (χ4v) is 2.09. The summed E-state index contributed by atoms with van der Waals surface area (Å²) in [5, 5.41) is 4.19. The molecule has 0 saturated heterocycles. The molecular weight excluding hydrogens is 194 g/mol. The first-order chi connectivity index (χ1) is 6.69. The van der Waals surface area contributed by atoms with Gasteiger partial charge in [0, 0.05) is 12.6 Å². The summed E-state index contributed by atoms with van der Waals surface area (Å²) in [4.78, 5) is 8.76. The van der Waals surface area contributed by atoms with Gasteiger partial charge in [-0.25, -0.2) is 9.97 Å². The molecule has 0 aliphatic rings. The molecule has 1 aromatic rings. The van der Waals surface area contributed by atoms with Crippen molar-refractivity contribution in [2.45, 2.75) is 32.2 Å². The second-order valence-electron chi connectivity index (χ2n) is 3.15. The topological polar surface area (TPSA) is 37.8 Å². The normalized spacial score (nSPS) is 10.3. The molecule has 0 unspecified atom stereocenters. The van der Waals surface area contributed by atoms with Gasteiger partial charge in [-0.05, 0) is 26.0 Å². The molecule has 3 nitrogen and oxygen atoms in total. The summed E-state index contributed by atoms with van der Waals surface area (Å²) in [5.74, 6) is 2.88. The molecule has 0 spiro atoms. The van der Waals surface area contributed by atoms with Crippen LogP contribution in [-0.4, -0.2) is 22.8 Å². The molecule has 14 heavy (non-hydrogen) atoms. The number of thioether (sulfide) groups is 1. The van der Waals surface area contributed by atoms with E-state index in [0.717, 1.165) is 28.0 Å². The van der Waals surface area contributed by atoms with Crippen LogP contribution in [0.2, 0.25) is 0 Å². The highest BCUT2D eigenvalue weighted by molar-refractivity contribution is 7.99. The SMILES string of the molecule is CCCSc1nc(C)nc(NC)c1C. The predicted octanol–water partition coefficient (Wildman–Crippen LogP) is 2.64. The van der Waals surface area contributed by atoms with Gasteiger partial charge in [-0.15, -0.1) is 11.8 Å². The number of aryl methyl sites for hydroxylation is 1. The van der Waals surface area contributed by atoms with Crippen molar-refractivity contribution in [3.63, 3.8) is 0 Å². The monoisotopic (exact) mass is 211 g/mol. The van der Waals surface area contributed by atoms with E-state index < -0.39 is 0 Å². The van der Waals surface area contributed by atoms with Gasteiger partial charge in [0.25, 0.3) is 0 Å². The number of anilines is 1. The first-order valence-corrected chi connectivity index (χ1v) is 5.83. The highest BCUT2D eigenvalue weighted by Gasteiger charge is 2.07. The molecule has 1 rings (SSSR count). The Balaban J connectivity index is 2.96. The van der Waals surface area contributed by atoms with Crippen molar-refractivity contribution in [2.75, 3.05) is 18.1 Å². The fourth-order valence-electron chi connectivity index (χ4n) is 1.19. The number of hydrogen-bond acceptors (Lipinski definition) is 4. The summed E-state index contributed by atoms with van der Waals surface area (Å²) in [5.41, 5.74) is 1.15. The van der Waals surface area contributed by atoms with Gasteiger partial charge in [-0.1, -0.05) is 6.92 Å². The number of aromatic nitrogens is 2. The summed E-state index contributed by atoms with van der Waals surface area (Å²) >= 11 is 1.80. The summed E-state index contributed by atoms with van der Waals surface area (Å²) in [6.45, 7) is 6.16. The maximum Gasteiger partial charge on any atom is 0.133 e. The number of nitrogens with one attached hydrogen (secondary N) is 1. The lowest BCUT2D eigenvalue weighted by atomic mass is 10.3. The third kappa shape index (κ3) is 2.61. The van der Waals surface area contributed by atoms with E-state index in [4.69, 9.17) is 0 Å². The highest BCUT2D eigenvalue weighted by atomic mass is 32.2. The zero-order chi connectivity index (χ0) is 10.6. The molecule has 78 valence electrons. The van der Waals surface area contributed by atoms with Crippen LogP contribution in [-0.2, 0) is 0 Å². The number of nitrogens with zero attached hydrogens (tertiary/aromatic N) is 2. The lowest BCUT2D eigenvalue weighted by molar-refractivity contribution is 0.938. The first kappa shape index (κ1) is 11.3. The molecule has 0 atom stereocenters. The van der Waals surface area contributed by atoms with Gasteiger partial charge >= 0.3 is 0 Å². The highest BCUT2D eigenvalue weighted by Crippen LogP contribution is 2.24. The van der Waals surface area contributed by atoms with Crippen LogP contribution in [0.5, 0.6) is 0 Å². The van der Waals surface area contributed by atoms with Crippen LogP contribution in [0.3, 0.4) is 0 Å². The van der Waals surface area contributed by atoms with Crippen LogP contribution < -0.4 is 5.32 Å². The van der Waals surface area contributed by atoms with E-state index in [9.17, 15) is 0 Å². The Bertz CT molecular complexity index is 312. The van der Waals surface area contributed by atoms with Crippen LogP contribution in [0.25, 0.3) is 0 Å². The molecule has 0 bridgehead atoms. The summed E-state index contributed by atoms with van der Waals surface area (Å²) in [6, 6.07) is 0. The van der Waals surface area contributed by atoms with Gasteiger partial charge in [0.05, 0.1) is 0 Å². The zero-order valence-electron chi connectivity index (χ0n) is 9.22. The minimum Gasteiger partial charge on any atom is -0.373 e. The summed E-state index contributed by atoms with van der Waals surface area (Å²) < 4.78 is 0. The van der Waals surface area contributed by atoms with E-state index in [-0.39, 0.29) is 0 Å². The zero-order valence-corrected chi connectivity index (χ0v) is 10.0. The van der Waals surface area contributed by atoms with E-state index in [1.54, 1.807) is 11.8 Å². The second-order valence-corrected chi connectivity index (χ2v) is 4.23. The molecule has 0 fully saturated rings. The Kier molecular flexibility index (Phi) is 4.20. The van der Waals surface area contributed by atoms with Gasteiger partial charge in [0.1, 0.15) is 16.7 Å². The Hall–Kier alpha value is -0.770. The number of hydrogen-bond donors (Lipinski definition) is 1. The molecule has 1 aromatic heterocycles. The van der Waals surface area contributed by atoms with Crippen molar-refractivity contribution < 1.29 is 0 Å². The Morgan fingerprint density at radius 2 is 2.00 bits per heavy atom. The maximum atomic E-state index is 4.43. The lowest BCUT2D eigenvalue weighted by Crippen LogP contribution is -2.02. The molecule has 0 radical (unpaired) electrons. The lowest BCUT2D eigenvalue weighted by Gasteiger charge is -2.09. The van der Waals surface area contributed by atoms with Crippen molar-refractivity contribution in [3.8, 4) is 0 Å². The molecule has 0 aliphatic heterocycles. The molecule has 0 saturated carbocycles. The quantitative estimate of drug-likeness (QED) is 0.613. The third-order valence-electron chi connectivity index (χ3n) is 1.89. The van der Waals surface area contributed by atoms with Crippen molar-refractivity contribution in [2.24, 2.45) is 0 Å². The smallest absolute Gasteiger partial charge is 0.133 e. The maximum absolute atomic E-state index is 4.43. The molecule has 1 N–H and O–H groups in total. The Morgan fingerprint density at radius 3 is 2.57 bits per heavy atom. The second kappa shape index (κ2) is 5.20. The molecular formula is C10H17N3S. The summed E-state index contributed by atoms with van der Waals surface area (Å²) in [6.07, 6.45) is 1.17. The van der Waals surface area contributed by atoms with E-state index in [0.29, 0.717) is 0 Å². The minimum absolute atomic E-state index is 0.832. The fraction of sp³-hybridized carbons (Fsp3) is 0.600. The van der Waals surface area contributed by atoms with E-state index in [1.807, 2.05) is 14.0 Å². The van der Waals surface area contributed by atoms with Crippen LogP contribution in [0.4, 0.5) is 5.82 Å². The van der Waals surface area contributed by atoms with Crippen LogP contribution >= 0.6 is 11.8 Å². The standard InChI is InChI=1S/C10H17N3S/c1-5-6-14-10-7(2)9(11-4)12-8(3)13-10/h5-6H2,1-4H3,(H,11,12,13). The van der Waals surface area contributed by atoms with E-state index in [1.165, 1.54) is 6.42 Å². The van der Waals surface area contributed by atoms with Crippen molar-refractivity contribution in [1.82, 2.24) is 9.97 Å². The van der Waals surface area contributed by atoms with Crippen LogP contribution in [0.1, 0.15) is 24.7 Å².